The van der Waals surface area contributed by atoms with Crippen molar-refractivity contribution in [1.29, 1.82) is 0 Å². The highest BCUT2D eigenvalue weighted by Crippen LogP contribution is 2.33. The molecule has 0 aliphatic carbocycles. The zero-order valence-corrected chi connectivity index (χ0v) is 7.59. The zero-order valence-electron chi connectivity index (χ0n) is 7.59. The number of nitrogens with zero attached hydrogens (tertiary/aromatic N) is 1. The lowest BCUT2D eigenvalue weighted by atomic mass is 10.1. The highest BCUT2D eigenvalue weighted by molar-refractivity contribution is 5.84. The molecular formula is C11H13N. The van der Waals surface area contributed by atoms with Crippen LogP contribution >= 0.6 is 0 Å². The molecule has 0 radical (unpaired) electrons. The topological polar surface area (TPSA) is 3.24 Å². The van der Waals surface area contributed by atoms with E-state index in [9.17, 15) is 0 Å². The zero-order chi connectivity index (χ0) is 8.72. The van der Waals surface area contributed by atoms with Crippen molar-refractivity contribution in [2.24, 2.45) is 0 Å². The summed E-state index contributed by atoms with van der Waals surface area (Å²) in [6, 6.07) is 6.53. The fourth-order valence-corrected chi connectivity index (χ4v) is 1.72. The molecule has 12 heavy (non-hydrogen) atoms. The van der Waals surface area contributed by atoms with Crippen LogP contribution in [-0.4, -0.2) is 13.6 Å². The summed E-state index contributed by atoms with van der Waals surface area (Å²) in [5, 5.41) is 0. The summed E-state index contributed by atoms with van der Waals surface area (Å²) in [6.45, 7) is 7.13. The van der Waals surface area contributed by atoms with E-state index in [4.69, 9.17) is 0 Å². The molecule has 1 aliphatic heterocycles. The van der Waals surface area contributed by atoms with Crippen molar-refractivity contribution >= 4 is 11.3 Å². The van der Waals surface area contributed by atoms with E-state index in [1.54, 1.807) is 0 Å². The summed E-state index contributed by atoms with van der Waals surface area (Å²) < 4.78 is 0. The quantitative estimate of drug-likeness (QED) is 0.562. The van der Waals surface area contributed by atoms with Gasteiger partial charge in [-0.15, -0.1) is 0 Å². The summed E-state index contributed by atoms with van der Waals surface area (Å²) >= 11 is 0. The molecule has 0 saturated heterocycles. The first-order valence-electron chi connectivity index (χ1n) is 4.18. The van der Waals surface area contributed by atoms with Gasteiger partial charge < -0.3 is 4.90 Å². The Morgan fingerprint density at radius 2 is 2.17 bits per heavy atom. The molecule has 0 unspecified atom stereocenters. The fourth-order valence-electron chi connectivity index (χ4n) is 1.72. The van der Waals surface area contributed by atoms with Crippen molar-refractivity contribution in [2.75, 3.05) is 18.5 Å². The van der Waals surface area contributed by atoms with Crippen molar-refractivity contribution in [1.82, 2.24) is 0 Å². The minimum Gasteiger partial charge on any atom is -0.370 e. The van der Waals surface area contributed by atoms with E-state index in [1.807, 2.05) is 0 Å². The first-order chi connectivity index (χ1) is 5.68. The van der Waals surface area contributed by atoms with E-state index in [2.05, 4.69) is 43.6 Å². The number of benzene rings is 1. The van der Waals surface area contributed by atoms with Gasteiger partial charge in [0, 0.05) is 24.8 Å². The van der Waals surface area contributed by atoms with Gasteiger partial charge in [0.25, 0.3) is 0 Å². The Hall–Kier alpha value is -1.24. The molecule has 0 N–H and O–H groups in total. The van der Waals surface area contributed by atoms with Gasteiger partial charge in [0.1, 0.15) is 0 Å². The maximum atomic E-state index is 4.05. The second kappa shape index (κ2) is 2.37. The lowest BCUT2D eigenvalue weighted by molar-refractivity contribution is 1.09. The molecule has 0 aromatic heterocycles. The summed E-state index contributed by atoms with van der Waals surface area (Å²) in [5.41, 5.74) is 5.17. The second-order valence-corrected chi connectivity index (χ2v) is 3.48. The maximum Gasteiger partial charge on any atom is 0.0443 e. The highest BCUT2D eigenvalue weighted by Gasteiger charge is 2.18. The molecular weight excluding hydrogens is 146 g/mol. The van der Waals surface area contributed by atoms with Gasteiger partial charge in [-0.05, 0) is 24.6 Å². The highest BCUT2D eigenvalue weighted by atomic mass is 15.1. The smallest absolute Gasteiger partial charge is 0.0443 e. The van der Waals surface area contributed by atoms with E-state index < -0.39 is 0 Å². The largest absolute Gasteiger partial charge is 0.370 e. The Morgan fingerprint density at radius 1 is 1.42 bits per heavy atom. The van der Waals surface area contributed by atoms with E-state index in [0.29, 0.717) is 0 Å². The Morgan fingerprint density at radius 3 is 2.92 bits per heavy atom. The van der Waals surface area contributed by atoms with Crippen LogP contribution in [0.2, 0.25) is 0 Å². The van der Waals surface area contributed by atoms with Gasteiger partial charge in [0.05, 0.1) is 0 Å². The number of rotatable bonds is 0. The predicted molar refractivity (Wildman–Crippen MR) is 53.5 cm³/mol. The SMILES string of the molecule is C=C1CN(C)c2ccc(C)cc21. The number of aryl methyl sites for hydroxylation is 1. The summed E-state index contributed by atoms with van der Waals surface area (Å²) in [6.07, 6.45) is 0. The van der Waals surface area contributed by atoms with Crippen molar-refractivity contribution in [3.8, 4) is 0 Å². The van der Waals surface area contributed by atoms with Crippen LogP contribution in [0.1, 0.15) is 11.1 Å². The molecule has 1 heteroatoms. The van der Waals surface area contributed by atoms with Crippen molar-refractivity contribution in [3.63, 3.8) is 0 Å². The predicted octanol–water partition coefficient (Wildman–Crippen LogP) is 2.46. The molecule has 62 valence electrons. The van der Waals surface area contributed by atoms with E-state index in [1.165, 1.54) is 22.4 Å². The third-order valence-corrected chi connectivity index (χ3v) is 2.37. The molecule has 0 atom stereocenters. The molecule has 0 bridgehead atoms. The first kappa shape index (κ1) is 7.41. The second-order valence-electron chi connectivity index (χ2n) is 3.48. The average molecular weight is 159 g/mol. The van der Waals surface area contributed by atoms with Gasteiger partial charge in [-0.1, -0.05) is 18.2 Å². The van der Waals surface area contributed by atoms with Crippen LogP contribution in [0.5, 0.6) is 0 Å². The first-order valence-corrected chi connectivity index (χ1v) is 4.18. The van der Waals surface area contributed by atoms with Crippen LogP contribution in [0.4, 0.5) is 5.69 Å². The summed E-state index contributed by atoms with van der Waals surface area (Å²) in [7, 11) is 2.10. The third-order valence-electron chi connectivity index (χ3n) is 2.37. The van der Waals surface area contributed by atoms with Crippen LogP contribution in [0.3, 0.4) is 0 Å². The number of hydrogen-bond donors (Lipinski definition) is 0. The van der Waals surface area contributed by atoms with Gasteiger partial charge in [0.15, 0.2) is 0 Å². The minimum absolute atomic E-state index is 0.971. The van der Waals surface area contributed by atoms with Crippen LogP contribution in [-0.2, 0) is 0 Å². The number of fused-ring (bicyclic) bond motifs is 1. The summed E-state index contributed by atoms with van der Waals surface area (Å²) in [4.78, 5) is 2.23. The molecule has 1 aromatic carbocycles. The van der Waals surface area contributed by atoms with Crippen LogP contribution in [0.25, 0.3) is 5.57 Å². The number of anilines is 1. The number of hydrogen-bond acceptors (Lipinski definition) is 1. The normalized spacial score (nSPS) is 15.2. The van der Waals surface area contributed by atoms with Gasteiger partial charge in [-0.2, -0.15) is 0 Å². The van der Waals surface area contributed by atoms with E-state index in [0.717, 1.165) is 6.54 Å². The molecule has 2 rings (SSSR count). The van der Waals surface area contributed by atoms with Crippen LogP contribution < -0.4 is 4.90 Å². The van der Waals surface area contributed by atoms with Gasteiger partial charge in [-0.25, -0.2) is 0 Å². The molecule has 1 heterocycles. The van der Waals surface area contributed by atoms with Gasteiger partial charge in [-0.3, -0.25) is 0 Å². The molecule has 1 aromatic rings. The summed E-state index contributed by atoms with van der Waals surface area (Å²) in [5.74, 6) is 0. The molecule has 0 amide bonds. The Bertz CT molecular complexity index is 339. The Kier molecular flexibility index (Phi) is 1.47. The van der Waals surface area contributed by atoms with E-state index >= 15 is 0 Å². The molecule has 1 aliphatic rings. The Balaban J connectivity index is 2.60. The van der Waals surface area contributed by atoms with Gasteiger partial charge >= 0.3 is 0 Å². The van der Waals surface area contributed by atoms with Crippen molar-refractivity contribution in [2.45, 2.75) is 6.92 Å². The van der Waals surface area contributed by atoms with Crippen molar-refractivity contribution in [3.05, 3.63) is 35.9 Å². The van der Waals surface area contributed by atoms with Gasteiger partial charge in [0.2, 0.25) is 0 Å². The van der Waals surface area contributed by atoms with Crippen molar-refractivity contribution < 1.29 is 0 Å². The van der Waals surface area contributed by atoms with E-state index in [-0.39, 0.29) is 0 Å². The molecule has 0 saturated carbocycles. The molecule has 0 fully saturated rings. The standard InChI is InChI=1S/C11H13N/c1-8-4-5-11-10(6-8)9(2)7-12(11)3/h4-6H,2,7H2,1,3H3. The lowest BCUT2D eigenvalue weighted by Crippen LogP contribution is -2.11. The third kappa shape index (κ3) is 0.934. The Labute approximate surface area is 73.3 Å². The van der Waals surface area contributed by atoms with Crippen LogP contribution in [0, 0.1) is 6.92 Å². The number of likely N-dealkylation sites (N-methyl/N-ethyl adjacent to an activating group) is 1. The molecule has 1 nitrogen and oxygen atoms in total. The maximum absolute atomic E-state index is 4.05. The molecule has 0 spiro atoms. The average Bonchev–Trinajstić information content (AvgIpc) is 2.28. The fraction of sp³-hybridized carbons (Fsp3) is 0.273. The lowest BCUT2D eigenvalue weighted by Gasteiger charge is -2.10. The minimum atomic E-state index is 0.971. The van der Waals surface area contributed by atoms with Crippen LogP contribution in [0.15, 0.2) is 24.8 Å². The monoisotopic (exact) mass is 159 g/mol.